The average Bonchev–Trinajstić information content (AvgIpc) is 3.55. The third-order valence-corrected chi connectivity index (χ3v) is 9.42. The van der Waals surface area contributed by atoms with Crippen LogP contribution in [0, 0.1) is 5.92 Å². The van der Waals surface area contributed by atoms with Crippen molar-refractivity contribution in [3.63, 3.8) is 0 Å². The number of hydrogen-bond acceptors (Lipinski definition) is 9. The molecule has 3 rings (SSSR count). The minimum absolute atomic E-state index is 0.0387. The SMILES string of the molecule is CC(C)[C@H](NC(=O)[C@H](Cc1ccccc1)NNS(=O)(=O)c1ccc(Cl)c(Cl)c1)C(=O)N[C@@H](CCCN=C(N)N)C(=O)c1nccs1. The van der Waals surface area contributed by atoms with Crippen LogP contribution < -0.4 is 32.4 Å². The van der Waals surface area contributed by atoms with Gasteiger partial charge in [-0.25, -0.2) is 18.8 Å². The second kappa shape index (κ2) is 17.4. The Hall–Kier alpha value is -3.60. The van der Waals surface area contributed by atoms with Crippen LogP contribution in [0.3, 0.4) is 0 Å². The van der Waals surface area contributed by atoms with Gasteiger partial charge in [0.05, 0.1) is 21.0 Å². The molecular formula is C29H36Cl2N8O5S2. The third kappa shape index (κ3) is 11.0. The number of Topliss-reactive ketones (excluding diaryl/α,β-unsaturated/α-hetero) is 1. The zero-order valence-corrected chi connectivity index (χ0v) is 28.2. The van der Waals surface area contributed by atoms with Gasteiger partial charge in [0.15, 0.2) is 11.0 Å². The summed E-state index contributed by atoms with van der Waals surface area (Å²) in [4.78, 5) is 50.5. The molecule has 0 aliphatic carbocycles. The lowest BCUT2D eigenvalue weighted by Crippen LogP contribution is -2.59. The number of nitrogens with zero attached hydrogens (tertiary/aromatic N) is 2. The van der Waals surface area contributed by atoms with E-state index in [1.165, 1.54) is 24.4 Å². The molecule has 13 nitrogen and oxygen atoms in total. The van der Waals surface area contributed by atoms with Gasteiger partial charge in [-0.2, -0.15) is 0 Å². The molecule has 1 aromatic heterocycles. The first-order valence-electron chi connectivity index (χ1n) is 14.1. The van der Waals surface area contributed by atoms with Gasteiger partial charge in [0.1, 0.15) is 12.1 Å². The van der Waals surface area contributed by atoms with Gasteiger partial charge in [0.25, 0.3) is 10.0 Å². The maximum atomic E-state index is 13.7. The van der Waals surface area contributed by atoms with E-state index in [9.17, 15) is 22.8 Å². The van der Waals surface area contributed by atoms with Crippen LogP contribution >= 0.6 is 34.5 Å². The number of hydrogen-bond donors (Lipinski definition) is 6. The van der Waals surface area contributed by atoms with Crippen molar-refractivity contribution >= 4 is 68.1 Å². The smallest absolute Gasteiger partial charge is 0.253 e. The topological polar surface area (TPSA) is 211 Å². The number of amides is 2. The minimum Gasteiger partial charge on any atom is -0.370 e. The fraction of sp³-hybridized carbons (Fsp3) is 0.345. The molecule has 8 N–H and O–H groups in total. The first kappa shape index (κ1) is 36.9. The number of nitrogens with one attached hydrogen (secondary N) is 4. The molecule has 0 fully saturated rings. The highest BCUT2D eigenvalue weighted by Crippen LogP contribution is 2.24. The predicted octanol–water partition coefficient (Wildman–Crippen LogP) is 2.41. The third-order valence-electron chi connectivity index (χ3n) is 6.64. The number of sulfonamides is 1. The molecule has 0 unspecified atom stereocenters. The molecule has 0 radical (unpaired) electrons. The summed E-state index contributed by atoms with van der Waals surface area (Å²) in [6.07, 6.45) is 2.16. The summed E-state index contributed by atoms with van der Waals surface area (Å²) in [6, 6.07) is 9.52. The number of carbonyl (C=O) groups excluding carboxylic acids is 3. The molecule has 2 aromatic carbocycles. The molecule has 46 heavy (non-hydrogen) atoms. The maximum absolute atomic E-state index is 13.7. The van der Waals surface area contributed by atoms with Crippen molar-refractivity contribution in [3.8, 4) is 0 Å². The molecular weight excluding hydrogens is 675 g/mol. The van der Waals surface area contributed by atoms with Gasteiger partial charge in [-0.3, -0.25) is 19.4 Å². The Morgan fingerprint density at radius 3 is 2.30 bits per heavy atom. The molecule has 0 aliphatic rings. The first-order chi connectivity index (χ1) is 21.8. The van der Waals surface area contributed by atoms with Gasteiger partial charge in [-0.05, 0) is 48.9 Å². The van der Waals surface area contributed by atoms with Gasteiger partial charge < -0.3 is 22.1 Å². The number of thiazole rings is 1. The lowest BCUT2D eigenvalue weighted by Gasteiger charge is -2.27. The maximum Gasteiger partial charge on any atom is 0.253 e. The van der Waals surface area contributed by atoms with Crippen molar-refractivity contribution in [2.45, 2.75) is 56.1 Å². The van der Waals surface area contributed by atoms with E-state index in [1.54, 1.807) is 49.6 Å². The van der Waals surface area contributed by atoms with Crippen LogP contribution in [0.2, 0.25) is 10.0 Å². The van der Waals surface area contributed by atoms with Crippen LogP contribution in [-0.4, -0.2) is 61.6 Å². The number of rotatable bonds is 17. The molecule has 248 valence electrons. The predicted molar refractivity (Wildman–Crippen MR) is 179 cm³/mol. The number of nitrogens with two attached hydrogens (primary N) is 2. The van der Waals surface area contributed by atoms with Crippen LogP contribution in [0.4, 0.5) is 0 Å². The second-order valence-corrected chi connectivity index (χ2v) is 13.9. The Balaban J connectivity index is 1.79. The molecule has 0 spiro atoms. The minimum atomic E-state index is -4.18. The van der Waals surface area contributed by atoms with Crippen molar-refractivity contribution in [2.75, 3.05) is 6.54 Å². The van der Waals surface area contributed by atoms with E-state index < -0.39 is 45.9 Å². The Morgan fingerprint density at radius 1 is 0.978 bits per heavy atom. The monoisotopic (exact) mass is 710 g/mol. The van der Waals surface area contributed by atoms with Crippen LogP contribution in [-0.2, 0) is 26.0 Å². The highest BCUT2D eigenvalue weighted by atomic mass is 35.5. The van der Waals surface area contributed by atoms with Gasteiger partial charge in [-0.15, -0.1) is 16.2 Å². The van der Waals surface area contributed by atoms with Crippen molar-refractivity contribution in [2.24, 2.45) is 22.4 Å². The van der Waals surface area contributed by atoms with Crippen molar-refractivity contribution in [1.82, 2.24) is 25.9 Å². The van der Waals surface area contributed by atoms with Crippen molar-refractivity contribution in [3.05, 3.63) is 80.7 Å². The Kier molecular flexibility index (Phi) is 13.9. The van der Waals surface area contributed by atoms with Gasteiger partial charge in [0.2, 0.25) is 17.6 Å². The summed E-state index contributed by atoms with van der Waals surface area (Å²) in [5.41, 5.74) is 14.1. The first-order valence-corrected chi connectivity index (χ1v) is 17.3. The summed E-state index contributed by atoms with van der Waals surface area (Å²) >= 11 is 13.1. The summed E-state index contributed by atoms with van der Waals surface area (Å²) in [5.74, 6) is -2.15. The fourth-order valence-electron chi connectivity index (χ4n) is 4.23. The highest BCUT2D eigenvalue weighted by Gasteiger charge is 2.32. The van der Waals surface area contributed by atoms with Gasteiger partial charge in [-0.1, -0.05) is 67.4 Å². The van der Waals surface area contributed by atoms with E-state index in [1.807, 2.05) is 0 Å². The van der Waals surface area contributed by atoms with Crippen LogP contribution in [0.1, 0.15) is 42.1 Å². The van der Waals surface area contributed by atoms with E-state index in [0.717, 1.165) is 16.9 Å². The number of aromatic nitrogens is 1. The number of aliphatic imine (C=N–C) groups is 1. The van der Waals surface area contributed by atoms with E-state index in [4.69, 9.17) is 34.7 Å². The zero-order chi connectivity index (χ0) is 33.9. The summed E-state index contributed by atoms with van der Waals surface area (Å²) < 4.78 is 26.0. The second-order valence-electron chi connectivity index (χ2n) is 10.5. The molecule has 0 saturated heterocycles. The lowest BCUT2D eigenvalue weighted by molar-refractivity contribution is -0.131. The number of hydrazine groups is 1. The molecule has 0 saturated carbocycles. The quantitative estimate of drug-likeness (QED) is 0.0399. The van der Waals surface area contributed by atoms with Crippen LogP contribution in [0.15, 0.2) is 70.0 Å². The number of halogens is 2. The molecule has 0 bridgehead atoms. The average molecular weight is 712 g/mol. The van der Waals surface area contributed by atoms with Gasteiger partial charge in [0, 0.05) is 18.1 Å². The summed E-state index contributed by atoms with van der Waals surface area (Å²) in [7, 11) is -4.18. The molecule has 0 aliphatic heterocycles. The van der Waals surface area contributed by atoms with Crippen molar-refractivity contribution < 1.29 is 22.8 Å². The Morgan fingerprint density at radius 2 is 1.70 bits per heavy atom. The molecule has 1 heterocycles. The summed E-state index contributed by atoms with van der Waals surface area (Å²) in [6.45, 7) is 3.70. The number of carbonyl (C=O) groups is 3. The molecule has 3 aromatic rings. The van der Waals surface area contributed by atoms with Gasteiger partial charge >= 0.3 is 0 Å². The number of benzene rings is 2. The van der Waals surface area contributed by atoms with Crippen LogP contribution in [0.5, 0.6) is 0 Å². The largest absolute Gasteiger partial charge is 0.370 e. The Labute approximate surface area is 281 Å². The zero-order valence-electron chi connectivity index (χ0n) is 25.1. The molecule has 17 heteroatoms. The highest BCUT2D eigenvalue weighted by molar-refractivity contribution is 7.89. The molecule has 2 amide bonds. The number of ketones is 1. The van der Waals surface area contributed by atoms with E-state index >= 15 is 0 Å². The van der Waals surface area contributed by atoms with E-state index in [-0.39, 0.29) is 51.1 Å². The van der Waals surface area contributed by atoms with E-state index in [0.29, 0.717) is 6.42 Å². The molecule has 3 atom stereocenters. The normalized spacial score (nSPS) is 13.4. The van der Waals surface area contributed by atoms with Crippen molar-refractivity contribution in [1.29, 1.82) is 0 Å². The van der Waals surface area contributed by atoms with Crippen LogP contribution in [0.25, 0.3) is 0 Å². The fourth-order valence-corrected chi connectivity index (χ4v) is 6.16. The Bertz CT molecular complexity index is 1620. The van der Waals surface area contributed by atoms with E-state index in [2.05, 4.69) is 30.9 Å². The number of guanidine groups is 1. The summed E-state index contributed by atoms with van der Waals surface area (Å²) in [5, 5.41) is 7.57. The standard InChI is InChI=1S/C29H36Cl2N8O5S2/c1-17(2)24(27(42)36-22(9-6-12-35-29(32)33)25(40)28-34-13-14-45-28)37-26(41)23(15-18-7-4-3-5-8-18)38-39-46(43,44)19-10-11-20(30)21(31)16-19/h3-5,7-8,10-11,13-14,16-17,22-24,38-39H,6,9,12,15H2,1-2H3,(H,36,42)(H,37,41)(H4,32,33,35)/t22-,23-,24-/m0/s1. The lowest BCUT2D eigenvalue weighted by atomic mass is 9.99.